The molecule has 1 unspecified atom stereocenters. The molecule has 0 saturated heterocycles. The van der Waals surface area contributed by atoms with E-state index in [2.05, 4.69) is 38.3 Å². The highest BCUT2D eigenvalue weighted by Crippen LogP contribution is 2.24. The van der Waals surface area contributed by atoms with Gasteiger partial charge in [0, 0.05) is 6.54 Å². The third-order valence-electron chi connectivity index (χ3n) is 3.70. The molecule has 0 radical (unpaired) electrons. The van der Waals surface area contributed by atoms with Gasteiger partial charge in [0.2, 0.25) is 0 Å². The first kappa shape index (κ1) is 17.0. The van der Waals surface area contributed by atoms with Crippen LogP contribution < -0.4 is 10.6 Å². The molecule has 116 valence electrons. The highest BCUT2D eigenvalue weighted by atomic mass is 16.4. The Balaban J connectivity index is 2.70. The van der Waals surface area contributed by atoms with Crippen molar-refractivity contribution < 1.29 is 14.7 Å². The van der Waals surface area contributed by atoms with Crippen LogP contribution in [0.2, 0.25) is 0 Å². The lowest BCUT2D eigenvalue weighted by Gasteiger charge is -2.27. The van der Waals surface area contributed by atoms with Crippen LogP contribution in [0, 0.1) is 18.3 Å². The minimum atomic E-state index is -1.06. The fourth-order valence-electron chi connectivity index (χ4n) is 1.66. The first-order chi connectivity index (χ1) is 9.61. The third-order valence-corrected chi connectivity index (χ3v) is 3.70. The smallest absolute Gasteiger partial charge is 0.337 e. The van der Waals surface area contributed by atoms with Gasteiger partial charge in [0.05, 0.1) is 11.3 Å². The topological polar surface area (TPSA) is 78.4 Å². The van der Waals surface area contributed by atoms with E-state index in [-0.39, 0.29) is 11.0 Å². The fraction of sp³-hybridized carbons (Fsp3) is 0.500. The number of nitrogens with one attached hydrogen (secondary N) is 2. The fourth-order valence-corrected chi connectivity index (χ4v) is 1.66. The van der Waals surface area contributed by atoms with Crippen LogP contribution in [0.15, 0.2) is 18.2 Å². The van der Waals surface area contributed by atoms with Gasteiger partial charge < -0.3 is 15.7 Å². The zero-order chi connectivity index (χ0) is 16.2. The lowest BCUT2D eigenvalue weighted by atomic mass is 9.82. The first-order valence-corrected chi connectivity index (χ1v) is 7.00. The second-order valence-corrected chi connectivity index (χ2v) is 6.46. The summed E-state index contributed by atoms with van der Waals surface area (Å²) >= 11 is 0. The summed E-state index contributed by atoms with van der Waals surface area (Å²) in [6, 6.07) is 4.51. The third kappa shape index (κ3) is 5.10. The summed E-state index contributed by atoms with van der Waals surface area (Å²) < 4.78 is 0. The van der Waals surface area contributed by atoms with E-state index >= 15 is 0 Å². The maximum Gasteiger partial charge on any atom is 0.337 e. The van der Waals surface area contributed by atoms with Crippen molar-refractivity contribution in [2.45, 2.75) is 34.6 Å². The van der Waals surface area contributed by atoms with E-state index < -0.39 is 12.0 Å². The number of benzene rings is 1. The van der Waals surface area contributed by atoms with Gasteiger partial charge in [0.1, 0.15) is 0 Å². The predicted octanol–water partition coefficient (Wildman–Crippen LogP) is 3.50. The summed E-state index contributed by atoms with van der Waals surface area (Å²) in [6.45, 7) is 10.7. The highest BCUT2D eigenvalue weighted by Gasteiger charge is 2.20. The Bertz CT molecular complexity index is 533. The quantitative estimate of drug-likeness (QED) is 0.794. The van der Waals surface area contributed by atoms with Crippen LogP contribution in [0.1, 0.15) is 43.6 Å². The van der Waals surface area contributed by atoms with Gasteiger partial charge in [-0.2, -0.15) is 0 Å². The van der Waals surface area contributed by atoms with Crippen molar-refractivity contribution in [1.82, 2.24) is 5.32 Å². The molecular formula is C16H24N2O3. The minimum absolute atomic E-state index is 0.0917. The molecule has 0 heterocycles. The van der Waals surface area contributed by atoms with E-state index in [1.807, 2.05) is 0 Å². The molecular weight excluding hydrogens is 268 g/mol. The molecule has 21 heavy (non-hydrogen) atoms. The summed E-state index contributed by atoms with van der Waals surface area (Å²) in [6.07, 6.45) is 0. The first-order valence-electron chi connectivity index (χ1n) is 7.00. The number of carbonyl (C=O) groups is 2. The summed E-state index contributed by atoms with van der Waals surface area (Å²) in [5.74, 6) is -0.753. The SMILES string of the molecule is Cc1ccc(NC(=O)NCC(C)C(C)(C)C)c(C(=O)O)c1. The number of anilines is 1. The Morgan fingerprint density at radius 1 is 1.29 bits per heavy atom. The van der Waals surface area contributed by atoms with Crippen molar-refractivity contribution in [3.8, 4) is 0 Å². The second kappa shape index (κ2) is 6.61. The molecule has 0 aliphatic rings. The molecule has 0 saturated carbocycles. The Hall–Kier alpha value is -2.04. The van der Waals surface area contributed by atoms with Crippen molar-refractivity contribution in [3.05, 3.63) is 29.3 Å². The van der Waals surface area contributed by atoms with Gasteiger partial charge in [0.25, 0.3) is 0 Å². The van der Waals surface area contributed by atoms with Crippen LogP contribution >= 0.6 is 0 Å². The van der Waals surface area contributed by atoms with E-state index in [1.54, 1.807) is 19.1 Å². The van der Waals surface area contributed by atoms with Crippen molar-refractivity contribution in [3.63, 3.8) is 0 Å². The Labute approximate surface area is 125 Å². The molecule has 0 bridgehead atoms. The van der Waals surface area contributed by atoms with E-state index in [0.717, 1.165) is 5.56 Å². The van der Waals surface area contributed by atoms with Gasteiger partial charge in [-0.1, -0.05) is 39.3 Å². The molecule has 0 aromatic heterocycles. The van der Waals surface area contributed by atoms with Crippen LogP contribution in [0.25, 0.3) is 0 Å². The van der Waals surface area contributed by atoms with Crippen LogP contribution in [-0.4, -0.2) is 23.7 Å². The van der Waals surface area contributed by atoms with Gasteiger partial charge in [-0.3, -0.25) is 0 Å². The van der Waals surface area contributed by atoms with Crippen molar-refractivity contribution in [2.24, 2.45) is 11.3 Å². The molecule has 1 rings (SSSR count). The zero-order valence-corrected chi connectivity index (χ0v) is 13.3. The Kier molecular flexibility index (Phi) is 5.35. The lowest BCUT2D eigenvalue weighted by molar-refractivity contribution is 0.0698. The Morgan fingerprint density at radius 2 is 1.90 bits per heavy atom. The number of carboxylic acid groups (broad SMARTS) is 1. The molecule has 1 atom stereocenters. The van der Waals surface area contributed by atoms with E-state index in [0.29, 0.717) is 18.2 Å². The van der Waals surface area contributed by atoms with E-state index in [1.165, 1.54) is 6.07 Å². The number of hydrogen-bond donors (Lipinski definition) is 3. The van der Waals surface area contributed by atoms with Gasteiger partial charge in [-0.05, 0) is 30.4 Å². The van der Waals surface area contributed by atoms with Gasteiger partial charge in [0.15, 0.2) is 0 Å². The number of aryl methyl sites for hydroxylation is 1. The van der Waals surface area contributed by atoms with Gasteiger partial charge in [-0.15, -0.1) is 0 Å². The molecule has 1 aromatic carbocycles. The number of aromatic carboxylic acids is 1. The van der Waals surface area contributed by atoms with E-state index in [9.17, 15) is 9.59 Å². The number of hydrogen-bond acceptors (Lipinski definition) is 2. The zero-order valence-electron chi connectivity index (χ0n) is 13.3. The van der Waals surface area contributed by atoms with Gasteiger partial charge >= 0.3 is 12.0 Å². The monoisotopic (exact) mass is 292 g/mol. The van der Waals surface area contributed by atoms with Crippen LogP contribution in [0.4, 0.5) is 10.5 Å². The number of amides is 2. The average Bonchev–Trinajstić information content (AvgIpc) is 2.36. The summed E-state index contributed by atoms with van der Waals surface area (Å²) in [5.41, 5.74) is 1.33. The number of carboxylic acids is 1. The van der Waals surface area contributed by atoms with Gasteiger partial charge in [-0.25, -0.2) is 9.59 Å². The molecule has 5 heteroatoms. The second-order valence-electron chi connectivity index (χ2n) is 6.46. The molecule has 5 nitrogen and oxygen atoms in total. The maximum atomic E-state index is 11.9. The van der Waals surface area contributed by atoms with Crippen LogP contribution in [0.5, 0.6) is 0 Å². The lowest BCUT2D eigenvalue weighted by Crippen LogP contribution is -2.36. The largest absolute Gasteiger partial charge is 0.478 e. The molecule has 3 N–H and O–H groups in total. The standard InChI is InChI=1S/C16H24N2O3/c1-10-6-7-13(12(8-10)14(19)20)18-15(21)17-9-11(2)16(3,4)5/h6-8,11H,9H2,1-5H3,(H,19,20)(H2,17,18,21). The van der Waals surface area contributed by atoms with Crippen molar-refractivity contribution in [1.29, 1.82) is 0 Å². The molecule has 1 aromatic rings. The average molecular weight is 292 g/mol. The molecule has 0 aliphatic heterocycles. The number of urea groups is 1. The molecule has 0 fully saturated rings. The van der Waals surface area contributed by atoms with Crippen molar-refractivity contribution in [2.75, 3.05) is 11.9 Å². The normalized spacial score (nSPS) is 12.6. The number of rotatable bonds is 4. The predicted molar refractivity (Wildman–Crippen MR) is 83.8 cm³/mol. The molecule has 0 spiro atoms. The molecule has 0 aliphatic carbocycles. The summed E-state index contributed by atoms with van der Waals surface area (Å²) in [4.78, 5) is 23.1. The van der Waals surface area contributed by atoms with Crippen molar-refractivity contribution >= 4 is 17.7 Å². The molecule has 2 amide bonds. The van der Waals surface area contributed by atoms with Crippen LogP contribution in [0.3, 0.4) is 0 Å². The summed E-state index contributed by atoms with van der Waals surface area (Å²) in [7, 11) is 0. The minimum Gasteiger partial charge on any atom is -0.478 e. The number of carbonyl (C=O) groups excluding carboxylic acids is 1. The van der Waals surface area contributed by atoms with Crippen LogP contribution in [-0.2, 0) is 0 Å². The maximum absolute atomic E-state index is 11.9. The highest BCUT2D eigenvalue weighted by molar-refractivity contribution is 6.00. The Morgan fingerprint density at radius 3 is 2.43 bits per heavy atom. The summed E-state index contributed by atoms with van der Waals surface area (Å²) in [5, 5.41) is 14.5. The van der Waals surface area contributed by atoms with E-state index in [4.69, 9.17) is 5.11 Å².